The van der Waals surface area contributed by atoms with Gasteiger partial charge in [-0.05, 0) is 62.8 Å². The highest BCUT2D eigenvalue weighted by Gasteiger charge is 2.51. The molecule has 3 rings (SSSR count). The molecule has 0 spiro atoms. The van der Waals surface area contributed by atoms with Gasteiger partial charge in [-0.1, -0.05) is 54.6 Å². The van der Waals surface area contributed by atoms with Gasteiger partial charge in [0.1, 0.15) is 0 Å². The SMILES string of the molecule is C/C=C\c1cccc(-c2cccc(B3OC(C)(C)C(C)(C)O3)c2)c1. The zero-order valence-electron chi connectivity index (χ0n) is 15.2. The molecule has 2 aromatic rings. The molecule has 124 valence electrons. The Bertz CT molecular complexity index is 746. The van der Waals surface area contributed by atoms with Crippen LogP contribution in [-0.4, -0.2) is 18.3 Å². The van der Waals surface area contributed by atoms with E-state index in [0.717, 1.165) is 5.46 Å². The maximum atomic E-state index is 6.17. The Morgan fingerprint density at radius 3 is 2.04 bits per heavy atom. The molecule has 2 aromatic carbocycles. The second-order valence-electron chi connectivity index (χ2n) is 7.34. The molecule has 1 fully saturated rings. The molecule has 0 saturated carbocycles. The fraction of sp³-hybridized carbons (Fsp3) is 0.333. The van der Waals surface area contributed by atoms with Crippen molar-refractivity contribution in [3.8, 4) is 11.1 Å². The molecular weight excluding hydrogens is 295 g/mol. The van der Waals surface area contributed by atoms with Crippen molar-refractivity contribution in [2.24, 2.45) is 0 Å². The van der Waals surface area contributed by atoms with Crippen LogP contribution in [0.3, 0.4) is 0 Å². The summed E-state index contributed by atoms with van der Waals surface area (Å²) >= 11 is 0. The van der Waals surface area contributed by atoms with E-state index in [-0.39, 0.29) is 18.3 Å². The van der Waals surface area contributed by atoms with Crippen molar-refractivity contribution >= 4 is 18.7 Å². The van der Waals surface area contributed by atoms with Gasteiger partial charge in [0, 0.05) is 0 Å². The quantitative estimate of drug-likeness (QED) is 0.764. The summed E-state index contributed by atoms with van der Waals surface area (Å²) in [6, 6.07) is 17.0. The maximum Gasteiger partial charge on any atom is 0.494 e. The largest absolute Gasteiger partial charge is 0.494 e. The standard InChI is InChI=1S/C21H25BO2/c1-6-9-16-10-7-11-17(14-16)18-12-8-13-19(15-18)22-23-20(2,3)21(4,5)24-22/h6-15H,1-5H3/b9-6-. The molecule has 1 saturated heterocycles. The van der Waals surface area contributed by atoms with Crippen LogP contribution < -0.4 is 5.46 Å². The van der Waals surface area contributed by atoms with Crippen LogP contribution in [0.15, 0.2) is 54.6 Å². The van der Waals surface area contributed by atoms with Crippen LogP contribution in [0.25, 0.3) is 17.2 Å². The van der Waals surface area contributed by atoms with Crippen molar-refractivity contribution in [2.75, 3.05) is 0 Å². The molecule has 1 aliphatic rings. The van der Waals surface area contributed by atoms with E-state index in [4.69, 9.17) is 9.31 Å². The number of hydrogen-bond acceptors (Lipinski definition) is 2. The lowest BCUT2D eigenvalue weighted by Crippen LogP contribution is -2.41. The number of hydrogen-bond donors (Lipinski definition) is 0. The van der Waals surface area contributed by atoms with Crippen LogP contribution in [0.4, 0.5) is 0 Å². The minimum atomic E-state index is -0.325. The van der Waals surface area contributed by atoms with Gasteiger partial charge in [-0.15, -0.1) is 0 Å². The summed E-state index contributed by atoms with van der Waals surface area (Å²) in [5.74, 6) is 0. The average molecular weight is 320 g/mol. The van der Waals surface area contributed by atoms with Crippen molar-refractivity contribution in [1.82, 2.24) is 0 Å². The first-order valence-electron chi connectivity index (χ1n) is 8.51. The van der Waals surface area contributed by atoms with Crippen molar-refractivity contribution in [3.05, 3.63) is 60.2 Å². The van der Waals surface area contributed by atoms with Gasteiger partial charge in [-0.3, -0.25) is 0 Å². The third kappa shape index (κ3) is 3.19. The Balaban J connectivity index is 1.92. The monoisotopic (exact) mass is 320 g/mol. The number of benzene rings is 2. The van der Waals surface area contributed by atoms with Gasteiger partial charge in [0.15, 0.2) is 0 Å². The summed E-state index contributed by atoms with van der Waals surface area (Å²) in [5.41, 5.74) is 4.00. The van der Waals surface area contributed by atoms with Gasteiger partial charge in [-0.25, -0.2) is 0 Å². The Morgan fingerprint density at radius 2 is 1.42 bits per heavy atom. The lowest BCUT2D eigenvalue weighted by Gasteiger charge is -2.32. The molecule has 0 unspecified atom stereocenters. The Hall–Kier alpha value is -1.84. The van der Waals surface area contributed by atoms with Crippen molar-refractivity contribution in [1.29, 1.82) is 0 Å². The first kappa shape index (κ1) is 17.0. The minimum absolute atomic E-state index is 0.320. The van der Waals surface area contributed by atoms with Gasteiger partial charge >= 0.3 is 7.12 Å². The van der Waals surface area contributed by atoms with Crippen LogP contribution >= 0.6 is 0 Å². The van der Waals surface area contributed by atoms with E-state index in [0.29, 0.717) is 0 Å². The van der Waals surface area contributed by atoms with E-state index in [1.165, 1.54) is 16.7 Å². The molecule has 0 N–H and O–H groups in total. The smallest absolute Gasteiger partial charge is 0.399 e. The van der Waals surface area contributed by atoms with E-state index in [9.17, 15) is 0 Å². The molecule has 0 aromatic heterocycles. The van der Waals surface area contributed by atoms with Crippen LogP contribution in [0.2, 0.25) is 0 Å². The molecule has 1 aliphatic heterocycles. The predicted molar refractivity (Wildman–Crippen MR) is 102 cm³/mol. The Kier molecular flexibility index (Phi) is 4.41. The van der Waals surface area contributed by atoms with E-state index in [2.05, 4.69) is 88.4 Å². The first-order chi connectivity index (χ1) is 11.3. The summed E-state index contributed by atoms with van der Waals surface area (Å²) in [6.45, 7) is 10.4. The number of rotatable bonds is 3. The first-order valence-corrected chi connectivity index (χ1v) is 8.51. The molecule has 3 heteroatoms. The number of allylic oxidation sites excluding steroid dienone is 1. The molecule has 0 bridgehead atoms. The molecule has 0 atom stereocenters. The van der Waals surface area contributed by atoms with Crippen molar-refractivity contribution < 1.29 is 9.31 Å². The van der Waals surface area contributed by atoms with Crippen LogP contribution in [0.5, 0.6) is 0 Å². The normalized spacial score (nSPS) is 19.1. The van der Waals surface area contributed by atoms with Gasteiger partial charge in [0.2, 0.25) is 0 Å². The fourth-order valence-electron chi connectivity index (χ4n) is 2.86. The molecular formula is C21H25BO2. The lowest BCUT2D eigenvalue weighted by atomic mass is 9.78. The summed E-state index contributed by atoms with van der Waals surface area (Å²) in [5, 5.41) is 0. The van der Waals surface area contributed by atoms with Crippen LogP contribution in [0, 0.1) is 0 Å². The molecule has 2 nitrogen and oxygen atoms in total. The van der Waals surface area contributed by atoms with Crippen LogP contribution in [-0.2, 0) is 9.31 Å². The molecule has 24 heavy (non-hydrogen) atoms. The van der Waals surface area contributed by atoms with Gasteiger partial charge < -0.3 is 9.31 Å². The van der Waals surface area contributed by atoms with Gasteiger partial charge in [0.05, 0.1) is 11.2 Å². The third-order valence-electron chi connectivity index (χ3n) is 4.99. The summed E-state index contributed by atoms with van der Waals surface area (Å²) < 4.78 is 12.3. The van der Waals surface area contributed by atoms with E-state index in [1.807, 2.05) is 6.92 Å². The highest BCUT2D eigenvalue weighted by molar-refractivity contribution is 6.62. The second kappa shape index (κ2) is 6.23. The van der Waals surface area contributed by atoms with E-state index < -0.39 is 0 Å². The molecule has 0 aliphatic carbocycles. The third-order valence-corrected chi connectivity index (χ3v) is 4.99. The highest BCUT2D eigenvalue weighted by atomic mass is 16.7. The highest BCUT2D eigenvalue weighted by Crippen LogP contribution is 2.36. The average Bonchev–Trinajstić information content (AvgIpc) is 2.76. The summed E-state index contributed by atoms with van der Waals surface area (Å²) in [4.78, 5) is 0. The van der Waals surface area contributed by atoms with Crippen molar-refractivity contribution in [2.45, 2.75) is 45.8 Å². The van der Waals surface area contributed by atoms with E-state index >= 15 is 0 Å². The Morgan fingerprint density at radius 1 is 0.833 bits per heavy atom. The zero-order chi connectivity index (χ0) is 17.4. The Labute approximate surface area is 145 Å². The van der Waals surface area contributed by atoms with E-state index in [1.54, 1.807) is 0 Å². The van der Waals surface area contributed by atoms with Gasteiger partial charge in [0.25, 0.3) is 0 Å². The lowest BCUT2D eigenvalue weighted by molar-refractivity contribution is 0.00578. The molecule has 0 amide bonds. The van der Waals surface area contributed by atoms with Gasteiger partial charge in [-0.2, -0.15) is 0 Å². The maximum absolute atomic E-state index is 6.17. The fourth-order valence-corrected chi connectivity index (χ4v) is 2.86. The summed E-state index contributed by atoms with van der Waals surface area (Å²) in [6.07, 6.45) is 4.17. The second-order valence-corrected chi connectivity index (χ2v) is 7.34. The summed E-state index contributed by atoms with van der Waals surface area (Å²) in [7, 11) is -0.325. The molecule has 0 radical (unpaired) electrons. The predicted octanol–water partition coefficient (Wildman–Crippen LogP) is 4.69. The zero-order valence-corrected chi connectivity index (χ0v) is 15.2. The minimum Gasteiger partial charge on any atom is -0.399 e. The molecule has 1 heterocycles. The topological polar surface area (TPSA) is 18.5 Å². The van der Waals surface area contributed by atoms with Crippen molar-refractivity contribution in [3.63, 3.8) is 0 Å². The van der Waals surface area contributed by atoms with Crippen LogP contribution in [0.1, 0.15) is 40.2 Å².